The lowest BCUT2D eigenvalue weighted by atomic mass is 10.1. The Hall–Kier alpha value is -1.86. The van der Waals surface area contributed by atoms with Crippen LogP contribution in [0.4, 0.5) is 17.1 Å². The highest BCUT2D eigenvalue weighted by molar-refractivity contribution is 5.65. The van der Waals surface area contributed by atoms with E-state index >= 15 is 0 Å². The summed E-state index contributed by atoms with van der Waals surface area (Å²) < 4.78 is 0. The molecule has 0 amide bonds. The lowest BCUT2D eigenvalue weighted by Crippen LogP contribution is -2.52. The molecule has 7 nitrogen and oxygen atoms in total. The Kier molecular flexibility index (Phi) is 4.41. The minimum Gasteiger partial charge on any atom is -0.393 e. The molecule has 0 spiro atoms. The van der Waals surface area contributed by atoms with Gasteiger partial charge in [-0.25, -0.2) is 0 Å². The molecule has 1 unspecified atom stereocenters. The molecule has 1 atom stereocenters. The number of rotatable bonds is 4. The normalized spacial score (nSPS) is 20.8. The third-order valence-corrected chi connectivity index (χ3v) is 3.75. The van der Waals surface area contributed by atoms with Crippen LogP contribution in [-0.4, -0.2) is 61.0 Å². The zero-order valence-corrected chi connectivity index (χ0v) is 11.9. The van der Waals surface area contributed by atoms with Crippen LogP contribution in [-0.2, 0) is 0 Å². The number of benzene rings is 1. The first-order valence-corrected chi connectivity index (χ1v) is 6.64. The second kappa shape index (κ2) is 6.06. The Labute approximate surface area is 118 Å². The van der Waals surface area contributed by atoms with E-state index < -0.39 is 4.92 Å². The van der Waals surface area contributed by atoms with Gasteiger partial charge in [0.15, 0.2) is 0 Å². The van der Waals surface area contributed by atoms with Gasteiger partial charge in [0, 0.05) is 44.0 Å². The third kappa shape index (κ3) is 3.37. The first-order valence-electron chi connectivity index (χ1n) is 6.64. The van der Waals surface area contributed by atoms with Crippen LogP contribution in [0.5, 0.6) is 0 Å². The largest absolute Gasteiger partial charge is 0.393 e. The number of nitrogen functional groups attached to an aromatic ring is 1. The van der Waals surface area contributed by atoms with Crippen molar-refractivity contribution in [2.24, 2.45) is 0 Å². The van der Waals surface area contributed by atoms with Crippen LogP contribution < -0.4 is 11.1 Å². The van der Waals surface area contributed by atoms with E-state index in [1.165, 1.54) is 6.07 Å². The van der Waals surface area contributed by atoms with E-state index in [2.05, 4.69) is 29.2 Å². The van der Waals surface area contributed by atoms with Crippen molar-refractivity contribution in [3.8, 4) is 0 Å². The predicted molar refractivity (Wildman–Crippen MR) is 79.9 cm³/mol. The maximum atomic E-state index is 10.7. The van der Waals surface area contributed by atoms with Gasteiger partial charge in [-0.1, -0.05) is 0 Å². The van der Waals surface area contributed by atoms with E-state index in [-0.39, 0.29) is 11.4 Å². The van der Waals surface area contributed by atoms with Crippen molar-refractivity contribution in [3.05, 3.63) is 28.3 Å². The van der Waals surface area contributed by atoms with Gasteiger partial charge in [-0.05, 0) is 26.2 Å². The molecule has 0 saturated carbocycles. The molecule has 110 valence electrons. The highest BCUT2D eigenvalue weighted by atomic mass is 16.6. The Balaban J connectivity index is 1.97. The number of nitrogens with zero attached hydrogens (tertiary/aromatic N) is 3. The first kappa shape index (κ1) is 14.5. The topological polar surface area (TPSA) is 87.7 Å². The molecule has 1 heterocycles. The smallest absolute Gasteiger partial charge is 0.292 e. The molecule has 2 rings (SSSR count). The minimum atomic E-state index is -0.469. The molecule has 20 heavy (non-hydrogen) atoms. The van der Waals surface area contributed by atoms with E-state index in [0.717, 1.165) is 31.9 Å². The van der Waals surface area contributed by atoms with Crippen molar-refractivity contribution in [2.75, 3.05) is 51.3 Å². The van der Waals surface area contributed by atoms with Crippen LogP contribution in [0.15, 0.2) is 18.2 Å². The molecule has 7 heteroatoms. The average Bonchev–Trinajstić information content (AvgIpc) is 2.39. The van der Waals surface area contributed by atoms with Crippen molar-refractivity contribution in [1.29, 1.82) is 0 Å². The number of nitro benzene ring substituents is 1. The zero-order valence-electron chi connectivity index (χ0n) is 11.9. The van der Waals surface area contributed by atoms with Crippen molar-refractivity contribution in [3.63, 3.8) is 0 Å². The molecule has 3 N–H and O–H groups in total. The number of anilines is 2. The predicted octanol–water partition coefficient (Wildman–Crippen LogP) is 0.835. The Bertz CT molecular complexity index is 494. The van der Waals surface area contributed by atoms with Crippen molar-refractivity contribution < 1.29 is 4.92 Å². The average molecular weight is 279 g/mol. The van der Waals surface area contributed by atoms with E-state index in [4.69, 9.17) is 5.73 Å². The maximum Gasteiger partial charge on any atom is 0.292 e. The molecule has 1 fully saturated rings. The summed E-state index contributed by atoms with van der Waals surface area (Å²) in [4.78, 5) is 14.9. The molecule has 1 saturated heterocycles. The van der Waals surface area contributed by atoms with Gasteiger partial charge < -0.3 is 16.0 Å². The van der Waals surface area contributed by atoms with Crippen molar-refractivity contribution in [1.82, 2.24) is 9.80 Å². The molecule has 0 radical (unpaired) electrons. The van der Waals surface area contributed by atoms with Crippen molar-refractivity contribution in [2.45, 2.75) is 6.04 Å². The van der Waals surface area contributed by atoms with Crippen LogP contribution >= 0.6 is 0 Å². The fourth-order valence-electron chi connectivity index (χ4n) is 2.39. The first-order chi connectivity index (χ1) is 9.47. The number of nitrogens with two attached hydrogens (primary N) is 1. The summed E-state index contributed by atoms with van der Waals surface area (Å²) in [5.41, 5.74) is 6.63. The standard InChI is InChI=1S/C13H21N5O2/c1-16-5-6-17(2)11(9-16)8-15-10-3-4-13(18(19)20)12(14)7-10/h3-4,7,11,15H,5-6,8-9,14H2,1-2H3. The Morgan fingerprint density at radius 3 is 2.85 bits per heavy atom. The van der Waals surface area contributed by atoms with Gasteiger partial charge in [0.2, 0.25) is 0 Å². The molecular weight excluding hydrogens is 258 g/mol. The molecule has 0 bridgehead atoms. The zero-order chi connectivity index (χ0) is 14.7. The molecule has 1 aromatic carbocycles. The van der Waals surface area contributed by atoms with Gasteiger partial charge in [0.25, 0.3) is 5.69 Å². The summed E-state index contributed by atoms with van der Waals surface area (Å²) in [7, 11) is 4.23. The van der Waals surface area contributed by atoms with Gasteiger partial charge in [0.05, 0.1) is 4.92 Å². The maximum absolute atomic E-state index is 10.7. The van der Waals surface area contributed by atoms with Gasteiger partial charge in [0.1, 0.15) is 5.69 Å². The van der Waals surface area contributed by atoms with Gasteiger partial charge in [-0.2, -0.15) is 0 Å². The van der Waals surface area contributed by atoms with Gasteiger partial charge in [-0.3, -0.25) is 15.0 Å². The van der Waals surface area contributed by atoms with E-state index in [1.54, 1.807) is 12.1 Å². The number of likely N-dealkylation sites (N-methyl/N-ethyl adjacent to an activating group) is 2. The lowest BCUT2D eigenvalue weighted by molar-refractivity contribution is -0.383. The fraction of sp³-hybridized carbons (Fsp3) is 0.538. The van der Waals surface area contributed by atoms with Crippen molar-refractivity contribution >= 4 is 17.1 Å². The fourth-order valence-corrected chi connectivity index (χ4v) is 2.39. The van der Waals surface area contributed by atoms with Crippen LogP contribution in [0.3, 0.4) is 0 Å². The second-order valence-corrected chi connectivity index (χ2v) is 5.31. The summed E-state index contributed by atoms with van der Waals surface area (Å²) in [5, 5.41) is 14.0. The molecule has 1 aliphatic rings. The number of nitrogens with one attached hydrogen (secondary N) is 1. The number of nitro groups is 1. The summed E-state index contributed by atoms with van der Waals surface area (Å²) in [6, 6.07) is 5.17. The summed E-state index contributed by atoms with van der Waals surface area (Å²) in [6.07, 6.45) is 0. The summed E-state index contributed by atoms with van der Waals surface area (Å²) >= 11 is 0. The molecule has 0 aliphatic carbocycles. The summed E-state index contributed by atoms with van der Waals surface area (Å²) in [5.74, 6) is 0. The Morgan fingerprint density at radius 1 is 1.45 bits per heavy atom. The summed E-state index contributed by atoms with van der Waals surface area (Å²) in [6.45, 7) is 3.92. The molecule has 1 aromatic rings. The number of hydrogen-bond acceptors (Lipinski definition) is 6. The van der Waals surface area contributed by atoms with Crippen LogP contribution in [0.1, 0.15) is 0 Å². The highest BCUT2D eigenvalue weighted by Crippen LogP contribution is 2.24. The van der Waals surface area contributed by atoms with Gasteiger partial charge in [-0.15, -0.1) is 0 Å². The number of hydrogen-bond donors (Lipinski definition) is 2. The van der Waals surface area contributed by atoms with Crippen LogP contribution in [0, 0.1) is 10.1 Å². The monoisotopic (exact) mass is 279 g/mol. The van der Waals surface area contributed by atoms with E-state index in [0.29, 0.717) is 6.04 Å². The molecule has 1 aliphatic heterocycles. The quantitative estimate of drug-likeness (QED) is 0.482. The second-order valence-electron chi connectivity index (χ2n) is 5.31. The van der Waals surface area contributed by atoms with E-state index in [1.807, 2.05) is 0 Å². The third-order valence-electron chi connectivity index (χ3n) is 3.75. The van der Waals surface area contributed by atoms with Gasteiger partial charge >= 0.3 is 0 Å². The lowest BCUT2D eigenvalue weighted by Gasteiger charge is -2.37. The van der Waals surface area contributed by atoms with E-state index in [9.17, 15) is 10.1 Å². The van der Waals surface area contributed by atoms with Crippen LogP contribution in [0.25, 0.3) is 0 Å². The molecule has 0 aromatic heterocycles. The molecular formula is C13H21N5O2. The Morgan fingerprint density at radius 2 is 2.20 bits per heavy atom. The van der Waals surface area contributed by atoms with Crippen LogP contribution in [0.2, 0.25) is 0 Å². The number of piperazine rings is 1. The SMILES string of the molecule is CN1CCN(C)C(CNc2ccc([N+](=O)[O-])c(N)c2)C1. The highest BCUT2D eigenvalue weighted by Gasteiger charge is 2.21. The minimum absolute atomic E-state index is 0.0509.